The van der Waals surface area contributed by atoms with Crippen LogP contribution in [0.2, 0.25) is 0 Å². The molecule has 1 aromatic carbocycles. The van der Waals surface area contributed by atoms with Crippen molar-refractivity contribution in [2.45, 2.75) is 46.4 Å². The Kier molecular flexibility index (Phi) is 4.73. The van der Waals surface area contributed by atoms with E-state index in [1.165, 1.54) is 0 Å². The molecular weight excluding hydrogens is 228 g/mol. The van der Waals surface area contributed by atoms with Gasteiger partial charge in [0.15, 0.2) is 0 Å². The molecule has 0 saturated carbocycles. The molecule has 0 aliphatic carbocycles. The number of carbonyl (C=O) groups is 1. The van der Waals surface area contributed by atoms with Gasteiger partial charge >= 0.3 is 6.09 Å². The third kappa shape index (κ3) is 4.75. The summed E-state index contributed by atoms with van der Waals surface area (Å²) in [6.45, 7) is 8.43. The number of aryl methyl sites for hydroxylation is 1. The van der Waals surface area contributed by atoms with Gasteiger partial charge in [0, 0.05) is 13.1 Å². The first-order chi connectivity index (χ1) is 8.31. The van der Waals surface area contributed by atoms with Gasteiger partial charge in [-0.05, 0) is 38.8 Å². The topological polar surface area (TPSA) is 64.3 Å². The molecule has 0 radical (unpaired) electrons. The first-order valence-electron chi connectivity index (χ1n) is 6.07. The Balaban J connectivity index is 2.61. The molecule has 0 aliphatic heterocycles. The average molecular weight is 250 g/mol. The highest BCUT2D eigenvalue weighted by Gasteiger charge is 2.15. The lowest BCUT2D eigenvalue weighted by Gasteiger charge is -2.20. The van der Waals surface area contributed by atoms with E-state index in [4.69, 9.17) is 10.5 Å². The largest absolute Gasteiger partial charge is 0.444 e. The SMILES string of the molecule is Cc1ccc(CNC(=O)OC(C)(C)C)c(CN)c1. The Morgan fingerprint density at radius 2 is 2.00 bits per heavy atom. The van der Waals surface area contributed by atoms with Crippen molar-refractivity contribution in [1.29, 1.82) is 0 Å². The minimum absolute atomic E-state index is 0.411. The highest BCUT2D eigenvalue weighted by atomic mass is 16.6. The molecule has 1 aromatic rings. The Hall–Kier alpha value is -1.55. The van der Waals surface area contributed by atoms with Gasteiger partial charge in [-0.2, -0.15) is 0 Å². The highest BCUT2D eigenvalue weighted by molar-refractivity contribution is 5.67. The molecule has 0 fully saturated rings. The number of hydrogen-bond acceptors (Lipinski definition) is 3. The van der Waals surface area contributed by atoms with Gasteiger partial charge in [0.1, 0.15) is 5.60 Å². The van der Waals surface area contributed by atoms with Gasteiger partial charge in [-0.1, -0.05) is 23.8 Å². The molecule has 0 aliphatic rings. The molecule has 4 heteroatoms. The fourth-order valence-corrected chi connectivity index (χ4v) is 1.60. The summed E-state index contributed by atoms with van der Waals surface area (Å²) in [5.41, 5.74) is 8.44. The summed E-state index contributed by atoms with van der Waals surface area (Å²) >= 11 is 0. The highest BCUT2D eigenvalue weighted by Crippen LogP contribution is 2.12. The molecule has 0 bridgehead atoms. The molecule has 1 rings (SSSR count). The Labute approximate surface area is 109 Å². The summed E-state index contributed by atoms with van der Waals surface area (Å²) < 4.78 is 5.18. The van der Waals surface area contributed by atoms with Crippen LogP contribution in [0.1, 0.15) is 37.5 Å². The first-order valence-corrected chi connectivity index (χ1v) is 6.07. The fourth-order valence-electron chi connectivity index (χ4n) is 1.60. The van der Waals surface area contributed by atoms with Gasteiger partial charge in [-0.3, -0.25) is 0 Å². The van der Waals surface area contributed by atoms with Crippen molar-refractivity contribution in [1.82, 2.24) is 5.32 Å². The quantitative estimate of drug-likeness (QED) is 0.866. The van der Waals surface area contributed by atoms with Gasteiger partial charge in [0.05, 0.1) is 0 Å². The van der Waals surface area contributed by atoms with E-state index in [-0.39, 0.29) is 0 Å². The zero-order valence-corrected chi connectivity index (χ0v) is 11.5. The number of nitrogens with one attached hydrogen (secondary N) is 1. The van der Waals surface area contributed by atoms with Gasteiger partial charge in [-0.25, -0.2) is 4.79 Å². The zero-order valence-electron chi connectivity index (χ0n) is 11.5. The molecular formula is C14H22N2O2. The van der Waals surface area contributed by atoms with Crippen molar-refractivity contribution in [2.24, 2.45) is 5.73 Å². The van der Waals surface area contributed by atoms with Crippen molar-refractivity contribution in [3.8, 4) is 0 Å². The lowest BCUT2D eigenvalue weighted by atomic mass is 10.0. The van der Waals surface area contributed by atoms with Gasteiger partial charge in [0.25, 0.3) is 0 Å². The normalized spacial score (nSPS) is 11.2. The van der Waals surface area contributed by atoms with Crippen LogP contribution in [-0.2, 0) is 17.8 Å². The minimum Gasteiger partial charge on any atom is -0.444 e. The second-order valence-electron chi connectivity index (χ2n) is 5.33. The van der Waals surface area contributed by atoms with Crippen molar-refractivity contribution in [2.75, 3.05) is 0 Å². The molecule has 100 valence electrons. The first kappa shape index (κ1) is 14.5. The van der Waals surface area contributed by atoms with Gasteiger partial charge < -0.3 is 15.8 Å². The molecule has 0 spiro atoms. The molecule has 0 saturated heterocycles. The van der Waals surface area contributed by atoms with Gasteiger partial charge in [-0.15, -0.1) is 0 Å². The monoisotopic (exact) mass is 250 g/mol. The van der Waals surface area contributed by atoms with E-state index < -0.39 is 11.7 Å². The Morgan fingerprint density at radius 1 is 1.33 bits per heavy atom. The van der Waals surface area contributed by atoms with Crippen LogP contribution in [0.25, 0.3) is 0 Å². The maximum absolute atomic E-state index is 11.5. The molecule has 3 N–H and O–H groups in total. The fraction of sp³-hybridized carbons (Fsp3) is 0.500. The average Bonchev–Trinajstić information content (AvgIpc) is 2.24. The third-order valence-corrected chi connectivity index (χ3v) is 2.40. The van der Waals surface area contributed by atoms with E-state index in [1.54, 1.807) is 0 Å². The second-order valence-corrected chi connectivity index (χ2v) is 5.33. The van der Waals surface area contributed by atoms with E-state index in [9.17, 15) is 4.79 Å². The Bertz CT molecular complexity index is 422. The standard InChI is InChI=1S/C14H22N2O2/c1-10-5-6-11(12(7-10)8-15)9-16-13(17)18-14(2,3)4/h5-7H,8-9,15H2,1-4H3,(H,16,17). The lowest BCUT2D eigenvalue weighted by Crippen LogP contribution is -2.32. The molecule has 18 heavy (non-hydrogen) atoms. The van der Waals surface area contributed by atoms with Crippen LogP contribution < -0.4 is 11.1 Å². The number of benzene rings is 1. The number of nitrogens with two attached hydrogens (primary N) is 1. The van der Waals surface area contributed by atoms with Crippen LogP contribution in [0.15, 0.2) is 18.2 Å². The van der Waals surface area contributed by atoms with Crippen LogP contribution in [0.4, 0.5) is 4.79 Å². The third-order valence-electron chi connectivity index (χ3n) is 2.40. The molecule has 0 aromatic heterocycles. The van der Waals surface area contributed by atoms with Crippen molar-refractivity contribution >= 4 is 6.09 Å². The zero-order chi connectivity index (χ0) is 13.8. The van der Waals surface area contributed by atoms with E-state index >= 15 is 0 Å². The van der Waals surface area contributed by atoms with E-state index in [1.807, 2.05) is 45.9 Å². The van der Waals surface area contributed by atoms with Gasteiger partial charge in [0.2, 0.25) is 0 Å². The van der Waals surface area contributed by atoms with Crippen LogP contribution >= 0.6 is 0 Å². The van der Waals surface area contributed by atoms with E-state index in [0.717, 1.165) is 16.7 Å². The number of rotatable bonds is 3. The van der Waals surface area contributed by atoms with Crippen LogP contribution in [0.5, 0.6) is 0 Å². The number of carbonyl (C=O) groups excluding carboxylic acids is 1. The smallest absolute Gasteiger partial charge is 0.407 e. The predicted octanol–water partition coefficient (Wildman–Crippen LogP) is 2.48. The summed E-state index contributed by atoms with van der Waals surface area (Å²) in [4.78, 5) is 11.5. The number of amides is 1. The molecule has 1 amide bonds. The van der Waals surface area contributed by atoms with Crippen molar-refractivity contribution < 1.29 is 9.53 Å². The second kappa shape index (κ2) is 5.87. The number of alkyl carbamates (subject to hydrolysis) is 1. The predicted molar refractivity (Wildman–Crippen MR) is 72.1 cm³/mol. The number of ether oxygens (including phenoxy) is 1. The summed E-state index contributed by atoms with van der Waals surface area (Å²) in [6, 6.07) is 6.02. The minimum atomic E-state index is -0.478. The maximum atomic E-state index is 11.5. The van der Waals surface area contributed by atoms with Crippen molar-refractivity contribution in [3.05, 3.63) is 34.9 Å². The maximum Gasteiger partial charge on any atom is 0.407 e. The van der Waals surface area contributed by atoms with Crippen LogP contribution in [0.3, 0.4) is 0 Å². The molecule has 0 unspecified atom stereocenters. The summed E-state index contributed by atoms with van der Waals surface area (Å²) in [5.74, 6) is 0. The Morgan fingerprint density at radius 3 is 2.56 bits per heavy atom. The number of hydrogen-bond donors (Lipinski definition) is 2. The molecule has 4 nitrogen and oxygen atoms in total. The summed E-state index contributed by atoms with van der Waals surface area (Å²) in [5, 5.41) is 2.73. The lowest BCUT2D eigenvalue weighted by molar-refractivity contribution is 0.0523. The van der Waals surface area contributed by atoms with Crippen molar-refractivity contribution in [3.63, 3.8) is 0 Å². The molecule has 0 atom stereocenters. The van der Waals surface area contributed by atoms with E-state index in [2.05, 4.69) is 5.32 Å². The van der Waals surface area contributed by atoms with E-state index in [0.29, 0.717) is 13.1 Å². The summed E-state index contributed by atoms with van der Waals surface area (Å²) in [7, 11) is 0. The molecule has 0 heterocycles. The van der Waals surface area contributed by atoms with Crippen LogP contribution in [-0.4, -0.2) is 11.7 Å². The van der Waals surface area contributed by atoms with Crippen LogP contribution in [0, 0.1) is 6.92 Å². The summed E-state index contributed by atoms with van der Waals surface area (Å²) in [6.07, 6.45) is -0.411.